The molecule has 4 rings (SSSR count). The van der Waals surface area contributed by atoms with Crippen molar-refractivity contribution in [2.24, 2.45) is 5.92 Å². The molecule has 0 unspecified atom stereocenters. The van der Waals surface area contributed by atoms with Crippen molar-refractivity contribution in [1.82, 2.24) is 9.97 Å². The van der Waals surface area contributed by atoms with Crippen LogP contribution in [0.15, 0.2) is 45.5 Å². The largest absolute Gasteiger partial charge is 0.378 e. The normalized spacial score (nSPS) is 18.0. The Bertz CT molecular complexity index is 1070. The Hall–Kier alpha value is -2.54. The Kier molecular flexibility index (Phi) is 6.23. The number of thioether (sulfide) groups is 1. The number of hydrogen-bond donors (Lipinski definition) is 2. The first-order valence-corrected chi connectivity index (χ1v) is 11.9. The van der Waals surface area contributed by atoms with E-state index in [1.54, 1.807) is 11.8 Å². The molecule has 0 amide bonds. The van der Waals surface area contributed by atoms with E-state index in [2.05, 4.69) is 24.1 Å². The van der Waals surface area contributed by atoms with Crippen LogP contribution in [0.2, 0.25) is 0 Å². The maximum atomic E-state index is 13.2. The third-order valence-corrected chi connectivity index (χ3v) is 6.82. The third-order valence-electron chi connectivity index (χ3n) is 5.91. The van der Waals surface area contributed by atoms with Gasteiger partial charge in [0.25, 0.3) is 5.56 Å². The number of aromatic amines is 1. The van der Waals surface area contributed by atoms with Gasteiger partial charge in [0.2, 0.25) is 0 Å². The maximum Gasteiger partial charge on any atom is 0.257 e. The highest BCUT2D eigenvalue weighted by Crippen LogP contribution is 2.43. The number of rotatable bonds is 6. The second-order valence-electron chi connectivity index (χ2n) is 8.88. The van der Waals surface area contributed by atoms with Crippen LogP contribution >= 0.6 is 11.8 Å². The number of nitrogens with zero attached hydrogens (tertiary/aromatic N) is 2. The highest BCUT2D eigenvalue weighted by molar-refractivity contribution is 7.99. The molecule has 0 radical (unpaired) electrons. The van der Waals surface area contributed by atoms with Gasteiger partial charge in [-0.15, -0.1) is 0 Å². The number of carbonyl (C=O) groups excluding carboxylic acids is 1. The molecule has 6 nitrogen and oxygen atoms in total. The molecular weight excluding hydrogens is 408 g/mol. The number of ketones is 1. The summed E-state index contributed by atoms with van der Waals surface area (Å²) >= 11 is 1.57. The maximum absolute atomic E-state index is 13.2. The van der Waals surface area contributed by atoms with Crippen LogP contribution in [0.4, 0.5) is 11.5 Å². The van der Waals surface area contributed by atoms with Gasteiger partial charge < -0.3 is 15.2 Å². The molecule has 0 fully saturated rings. The van der Waals surface area contributed by atoms with Crippen LogP contribution < -0.4 is 15.8 Å². The summed E-state index contributed by atoms with van der Waals surface area (Å²) in [7, 11) is 3.99. The lowest BCUT2D eigenvalue weighted by Crippen LogP contribution is -2.32. The number of fused-ring (bicyclic) bond motifs is 1. The van der Waals surface area contributed by atoms with E-state index in [1.165, 1.54) is 0 Å². The van der Waals surface area contributed by atoms with Gasteiger partial charge in [-0.3, -0.25) is 9.59 Å². The lowest BCUT2D eigenvalue weighted by Gasteiger charge is -2.33. The highest BCUT2D eigenvalue weighted by Gasteiger charge is 2.37. The predicted molar refractivity (Wildman–Crippen MR) is 127 cm³/mol. The average molecular weight is 439 g/mol. The van der Waals surface area contributed by atoms with Gasteiger partial charge in [-0.1, -0.05) is 37.7 Å². The standard InChI is InChI=1S/C24H30N4O2S/c1-14(2)12-13-31-24-26-22-21(23(30)27-24)19(15-8-10-16(11-9-15)28(3)4)20-17(25-22)6-5-7-18(20)29/h8-11,14,19H,5-7,12-13H2,1-4H3,(H2,25,26,27,30)/t19-/m0/s1. The smallest absolute Gasteiger partial charge is 0.257 e. The summed E-state index contributed by atoms with van der Waals surface area (Å²) in [5.74, 6) is 1.83. The highest BCUT2D eigenvalue weighted by atomic mass is 32.2. The van der Waals surface area contributed by atoms with E-state index < -0.39 is 0 Å². The first-order valence-electron chi connectivity index (χ1n) is 10.9. The van der Waals surface area contributed by atoms with Gasteiger partial charge in [-0.25, -0.2) is 4.98 Å². The van der Waals surface area contributed by atoms with Gasteiger partial charge in [-0.05, 0) is 42.9 Å². The molecule has 0 bridgehead atoms. The van der Waals surface area contributed by atoms with Crippen molar-refractivity contribution in [3.63, 3.8) is 0 Å². The number of anilines is 2. The molecule has 2 aliphatic rings. The van der Waals surface area contributed by atoms with Crippen LogP contribution in [0.5, 0.6) is 0 Å². The first kappa shape index (κ1) is 21.7. The zero-order valence-electron chi connectivity index (χ0n) is 18.6. The average Bonchev–Trinajstić information content (AvgIpc) is 2.72. The Labute approximate surface area is 187 Å². The lowest BCUT2D eigenvalue weighted by molar-refractivity contribution is -0.116. The quantitative estimate of drug-likeness (QED) is 0.509. The number of aromatic nitrogens is 2. The number of Topliss-reactive ketones (excluding diaryl/α,β-unsaturated/α-hetero) is 1. The van der Waals surface area contributed by atoms with E-state index in [1.807, 2.05) is 43.3 Å². The predicted octanol–water partition coefficient (Wildman–Crippen LogP) is 4.54. The zero-order chi connectivity index (χ0) is 22.1. The molecule has 1 aliphatic heterocycles. The molecule has 1 aromatic carbocycles. The molecule has 2 aromatic rings. The zero-order valence-corrected chi connectivity index (χ0v) is 19.4. The molecule has 31 heavy (non-hydrogen) atoms. The number of allylic oxidation sites excluding steroid dienone is 2. The molecular formula is C24H30N4O2S. The minimum atomic E-state index is -0.388. The summed E-state index contributed by atoms with van der Waals surface area (Å²) < 4.78 is 0. The molecule has 1 atom stereocenters. The Morgan fingerprint density at radius 3 is 2.58 bits per heavy atom. The van der Waals surface area contributed by atoms with Crippen LogP contribution in [0.3, 0.4) is 0 Å². The van der Waals surface area contributed by atoms with E-state index in [0.717, 1.165) is 47.5 Å². The molecule has 164 valence electrons. The van der Waals surface area contributed by atoms with Gasteiger partial charge in [0.15, 0.2) is 10.9 Å². The van der Waals surface area contributed by atoms with E-state index in [-0.39, 0.29) is 17.3 Å². The molecule has 0 saturated heterocycles. The molecule has 1 aliphatic carbocycles. The van der Waals surface area contributed by atoms with Crippen LogP contribution in [0.1, 0.15) is 56.6 Å². The van der Waals surface area contributed by atoms with E-state index >= 15 is 0 Å². The van der Waals surface area contributed by atoms with Crippen molar-refractivity contribution < 1.29 is 4.79 Å². The summed E-state index contributed by atoms with van der Waals surface area (Å²) in [4.78, 5) is 35.9. The second kappa shape index (κ2) is 8.91. The minimum Gasteiger partial charge on any atom is -0.378 e. The number of hydrogen-bond acceptors (Lipinski definition) is 6. The molecule has 7 heteroatoms. The van der Waals surface area contributed by atoms with Gasteiger partial charge in [-0.2, -0.15) is 0 Å². The Morgan fingerprint density at radius 2 is 1.90 bits per heavy atom. The summed E-state index contributed by atoms with van der Waals surface area (Å²) in [6.07, 6.45) is 3.21. The summed E-state index contributed by atoms with van der Waals surface area (Å²) in [6.45, 7) is 4.37. The van der Waals surface area contributed by atoms with Crippen LogP contribution in [0, 0.1) is 5.92 Å². The van der Waals surface area contributed by atoms with Crippen molar-refractivity contribution >= 4 is 29.1 Å². The van der Waals surface area contributed by atoms with E-state index in [4.69, 9.17) is 4.98 Å². The van der Waals surface area contributed by atoms with Crippen LogP contribution in [-0.4, -0.2) is 35.6 Å². The Morgan fingerprint density at radius 1 is 1.16 bits per heavy atom. The molecule has 2 heterocycles. The van der Waals surface area contributed by atoms with Crippen molar-refractivity contribution in [3.8, 4) is 0 Å². The molecule has 2 N–H and O–H groups in total. The van der Waals surface area contributed by atoms with Gasteiger partial charge >= 0.3 is 0 Å². The van der Waals surface area contributed by atoms with Crippen molar-refractivity contribution in [2.45, 2.75) is 50.6 Å². The fourth-order valence-electron chi connectivity index (χ4n) is 4.20. The van der Waals surface area contributed by atoms with Gasteiger partial charge in [0.1, 0.15) is 5.82 Å². The first-order chi connectivity index (χ1) is 14.8. The fourth-order valence-corrected chi connectivity index (χ4v) is 5.30. The summed E-state index contributed by atoms with van der Waals surface area (Å²) in [5, 5.41) is 3.97. The molecule has 0 spiro atoms. The monoisotopic (exact) mass is 438 g/mol. The van der Waals surface area contributed by atoms with E-state index in [0.29, 0.717) is 28.9 Å². The topological polar surface area (TPSA) is 78.1 Å². The summed E-state index contributed by atoms with van der Waals surface area (Å²) in [5.41, 5.74) is 4.04. The summed E-state index contributed by atoms with van der Waals surface area (Å²) in [6, 6.07) is 8.10. The van der Waals surface area contributed by atoms with Crippen LogP contribution in [-0.2, 0) is 4.79 Å². The van der Waals surface area contributed by atoms with E-state index in [9.17, 15) is 9.59 Å². The number of benzene rings is 1. The van der Waals surface area contributed by atoms with Gasteiger partial charge in [0, 0.05) is 49.1 Å². The fraction of sp³-hybridized carbons (Fsp3) is 0.458. The lowest BCUT2D eigenvalue weighted by atomic mass is 9.76. The van der Waals surface area contributed by atoms with Crippen molar-refractivity contribution in [3.05, 3.63) is 57.0 Å². The number of H-pyrrole nitrogens is 1. The SMILES string of the molecule is CC(C)CCSc1nc2c(c(=O)[nH]1)[C@@H](c1ccc(N(C)C)cc1)C1=C(CCCC1=O)N2. The van der Waals surface area contributed by atoms with Gasteiger partial charge in [0.05, 0.1) is 5.56 Å². The number of nitrogens with one attached hydrogen (secondary N) is 2. The third kappa shape index (κ3) is 4.42. The van der Waals surface area contributed by atoms with Crippen LogP contribution in [0.25, 0.3) is 0 Å². The second-order valence-corrected chi connectivity index (χ2v) is 9.96. The minimum absolute atomic E-state index is 0.121. The molecule has 0 saturated carbocycles. The van der Waals surface area contributed by atoms with Crippen molar-refractivity contribution in [1.29, 1.82) is 0 Å². The Balaban J connectivity index is 1.78. The number of carbonyl (C=O) groups is 1. The molecule has 1 aromatic heterocycles. The van der Waals surface area contributed by atoms with Crippen molar-refractivity contribution in [2.75, 3.05) is 30.1 Å².